The molecule has 1 aromatic heterocycles. The van der Waals surface area contributed by atoms with Gasteiger partial charge in [0.1, 0.15) is 4.91 Å². The normalized spacial score (nSPS) is 23.4. The minimum absolute atomic E-state index is 0.281. The molecule has 0 aliphatic carbocycles. The number of aryl methyl sites for hydroxylation is 1. The van der Waals surface area contributed by atoms with Crippen LogP contribution in [-0.2, 0) is 9.31 Å². The summed E-state index contributed by atoms with van der Waals surface area (Å²) in [5, 5.41) is 2.01. The molecule has 82 valence electrons. The molecule has 0 spiro atoms. The maximum absolute atomic E-state index is 5.89. The number of hydrogen-bond donors (Lipinski definition) is 0. The van der Waals surface area contributed by atoms with Gasteiger partial charge in [0, 0.05) is 11.1 Å². The Morgan fingerprint density at radius 3 is 2.13 bits per heavy atom. The Bertz CT molecular complexity index is 359. The van der Waals surface area contributed by atoms with Gasteiger partial charge in [0.2, 0.25) is 0 Å². The summed E-state index contributed by atoms with van der Waals surface area (Å²) in [6.07, 6.45) is 0. The van der Waals surface area contributed by atoms with E-state index in [0.29, 0.717) is 0 Å². The van der Waals surface area contributed by atoms with Crippen LogP contribution in [0.2, 0.25) is 0 Å². The molecule has 1 aromatic rings. The number of thiazole rings is 1. The van der Waals surface area contributed by atoms with Crippen molar-refractivity contribution in [1.29, 1.82) is 0 Å². The zero-order valence-electron chi connectivity index (χ0n) is 9.83. The summed E-state index contributed by atoms with van der Waals surface area (Å²) in [5.41, 5.74) is 0.457. The molecule has 0 unspecified atom stereocenters. The lowest BCUT2D eigenvalue weighted by Gasteiger charge is -2.32. The molecule has 0 N–H and O–H groups in total. The van der Waals surface area contributed by atoms with Crippen molar-refractivity contribution >= 4 is 23.4 Å². The first kappa shape index (κ1) is 11.1. The fourth-order valence-electron chi connectivity index (χ4n) is 1.42. The van der Waals surface area contributed by atoms with Crippen LogP contribution in [0.3, 0.4) is 0 Å². The summed E-state index contributed by atoms with van der Waals surface area (Å²) in [6.45, 7) is 10.2. The highest BCUT2D eigenvalue weighted by atomic mass is 32.1. The van der Waals surface area contributed by atoms with Crippen molar-refractivity contribution in [2.45, 2.75) is 45.8 Å². The molecule has 3 nitrogen and oxygen atoms in total. The van der Waals surface area contributed by atoms with E-state index in [9.17, 15) is 0 Å². The summed E-state index contributed by atoms with van der Waals surface area (Å²) in [6, 6.07) is 0. The van der Waals surface area contributed by atoms with Gasteiger partial charge in [-0.05, 0) is 34.6 Å². The summed E-state index contributed by atoms with van der Waals surface area (Å²) in [5.74, 6) is 0. The van der Waals surface area contributed by atoms with Gasteiger partial charge < -0.3 is 9.31 Å². The Kier molecular flexibility index (Phi) is 2.45. The predicted octanol–water partition coefficient (Wildman–Crippen LogP) is 1.75. The van der Waals surface area contributed by atoms with Gasteiger partial charge in [-0.1, -0.05) is 0 Å². The average Bonchev–Trinajstić information content (AvgIpc) is 2.56. The Morgan fingerprint density at radius 2 is 1.73 bits per heavy atom. The Morgan fingerprint density at radius 1 is 1.20 bits per heavy atom. The van der Waals surface area contributed by atoms with Gasteiger partial charge in [-0.15, -0.1) is 11.3 Å². The van der Waals surface area contributed by atoms with E-state index < -0.39 is 0 Å². The predicted molar refractivity (Wildman–Crippen MR) is 62.6 cm³/mol. The SMILES string of the molecule is Cc1csc(B2OC(C)(C)C(C)(C)O2)n1. The molecule has 0 radical (unpaired) electrons. The van der Waals surface area contributed by atoms with Crippen LogP contribution in [0.25, 0.3) is 0 Å². The molecule has 1 aliphatic heterocycles. The van der Waals surface area contributed by atoms with E-state index in [2.05, 4.69) is 4.98 Å². The second-order valence-corrected chi connectivity index (χ2v) is 5.81. The third-order valence-corrected chi connectivity index (χ3v) is 4.08. The van der Waals surface area contributed by atoms with Crippen molar-refractivity contribution in [2.75, 3.05) is 0 Å². The van der Waals surface area contributed by atoms with Gasteiger partial charge in [0.05, 0.1) is 11.2 Å². The Labute approximate surface area is 95.0 Å². The summed E-state index contributed by atoms with van der Waals surface area (Å²) < 4.78 is 11.8. The van der Waals surface area contributed by atoms with Crippen molar-refractivity contribution in [2.24, 2.45) is 0 Å². The minimum atomic E-state index is -0.311. The zero-order chi connectivity index (χ0) is 11.3. The highest BCUT2D eigenvalue weighted by Crippen LogP contribution is 2.36. The first-order chi connectivity index (χ1) is 6.82. The Balaban J connectivity index is 2.23. The molecule has 5 heteroatoms. The molecular weight excluding hydrogens is 209 g/mol. The third-order valence-electron chi connectivity index (χ3n) is 3.09. The van der Waals surface area contributed by atoms with Crippen LogP contribution in [-0.4, -0.2) is 23.3 Å². The van der Waals surface area contributed by atoms with Crippen LogP contribution in [0.15, 0.2) is 5.38 Å². The van der Waals surface area contributed by atoms with Crippen molar-refractivity contribution in [3.63, 3.8) is 0 Å². The van der Waals surface area contributed by atoms with E-state index in [0.717, 1.165) is 10.6 Å². The molecule has 15 heavy (non-hydrogen) atoms. The van der Waals surface area contributed by atoms with Gasteiger partial charge in [-0.2, -0.15) is 0 Å². The monoisotopic (exact) mass is 225 g/mol. The van der Waals surface area contributed by atoms with E-state index in [1.165, 1.54) is 0 Å². The molecule has 2 rings (SSSR count). The van der Waals surface area contributed by atoms with Crippen LogP contribution in [0.1, 0.15) is 33.4 Å². The lowest BCUT2D eigenvalue weighted by molar-refractivity contribution is 0.00578. The number of aromatic nitrogens is 1. The lowest BCUT2D eigenvalue weighted by atomic mass is 9.90. The second-order valence-electron chi connectivity index (χ2n) is 4.92. The molecule has 1 saturated heterocycles. The fraction of sp³-hybridized carbons (Fsp3) is 0.700. The van der Waals surface area contributed by atoms with E-state index >= 15 is 0 Å². The molecule has 2 heterocycles. The standard InChI is InChI=1S/C10H16BNO2S/c1-7-6-15-8(12-7)11-13-9(2,3)10(4,5)14-11/h6H,1-5H3. The van der Waals surface area contributed by atoms with Gasteiger partial charge in [0.15, 0.2) is 0 Å². The average molecular weight is 225 g/mol. The van der Waals surface area contributed by atoms with Crippen LogP contribution in [0, 0.1) is 6.92 Å². The second kappa shape index (κ2) is 3.30. The van der Waals surface area contributed by atoms with Crippen molar-refractivity contribution in [1.82, 2.24) is 4.98 Å². The van der Waals surface area contributed by atoms with E-state index in [-0.39, 0.29) is 18.3 Å². The zero-order valence-corrected chi connectivity index (χ0v) is 10.6. The summed E-state index contributed by atoms with van der Waals surface area (Å²) in [4.78, 5) is 5.30. The highest BCUT2D eigenvalue weighted by molar-refractivity contribution is 7.20. The van der Waals surface area contributed by atoms with E-state index in [4.69, 9.17) is 9.31 Å². The van der Waals surface area contributed by atoms with E-state index in [1.54, 1.807) is 11.3 Å². The maximum Gasteiger partial charge on any atom is 0.525 e. The molecular formula is C10H16BNO2S. The number of nitrogens with zero attached hydrogens (tertiary/aromatic N) is 1. The van der Waals surface area contributed by atoms with Gasteiger partial charge >= 0.3 is 7.12 Å². The molecule has 1 aliphatic rings. The van der Waals surface area contributed by atoms with Crippen LogP contribution in [0.5, 0.6) is 0 Å². The van der Waals surface area contributed by atoms with Crippen LogP contribution < -0.4 is 4.91 Å². The minimum Gasteiger partial charge on any atom is -0.398 e. The maximum atomic E-state index is 5.89. The smallest absolute Gasteiger partial charge is 0.398 e. The largest absolute Gasteiger partial charge is 0.525 e. The molecule has 0 aromatic carbocycles. The highest BCUT2D eigenvalue weighted by Gasteiger charge is 2.52. The quantitative estimate of drug-likeness (QED) is 0.682. The molecule has 0 atom stereocenters. The first-order valence-electron chi connectivity index (χ1n) is 5.09. The third kappa shape index (κ3) is 1.84. The lowest BCUT2D eigenvalue weighted by Crippen LogP contribution is -2.41. The number of rotatable bonds is 1. The topological polar surface area (TPSA) is 31.4 Å². The summed E-state index contributed by atoms with van der Waals surface area (Å²) >= 11 is 1.59. The van der Waals surface area contributed by atoms with Crippen LogP contribution >= 0.6 is 11.3 Å². The van der Waals surface area contributed by atoms with Gasteiger partial charge in [-0.25, -0.2) is 0 Å². The van der Waals surface area contributed by atoms with Gasteiger partial charge in [-0.3, -0.25) is 4.98 Å². The molecule has 0 amide bonds. The van der Waals surface area contributed by atoms with Crippen molar-refractivity contribution < 1.29 is 9.31 Å². The van der Waals surface area contributed by atoms with E-state index in [1.807, 2.05) is 40.0 Å². The van der Waals surface area contributed by atoms with Crippen LogP contribution in [0.4, 0.5) is 0 Å². The van der Waals surface area contributed by atoms with Crippen molar-refractivity contribution in [3.8, 4) is 0 Å². The first-order valence-corrected chi connectivity index (χ1v) is 5.97. The fourth-order valence-corrected chi connectivity index (χ4v) is 2.17. The molecule has 1 fully saturated rings. The number of hydrogen-bond acceptors (Lipinski definition) is 4. The molecule has 0 saturated carbocycles. The van der Waals surface area contributed by atoms with Gasteiger partial charge in [0.25, 0.3) is 0 Å². The summed E-state index contributed by atoms with van der Waals surface area (Å²) in [7, 11) is -0.311. The Hall–Kier alpha value is -0.385. The van der Waals surface area contributed by atoms with Crippen molar-refractivity contribution in [3.05, 3.63) is 11.1 Å². The molecule has 0 bridgehead atoms.